The number of nitrogens with zero attached hydrogens (tertiary/aromatic N) is 1. The third-order valence-corrected chi connectivity index (χ3v) is 6.99. The first-order chi connectivity index (χ1) is 14.9. The second kappa shape index (κ2) is 11.6. The van der Waals surface area contributed by atoms with Crippen LogP contribution in [0.2, 0.25) is 5.02 Å². The van der Waals surface area contributed by atoms with E-state index in [4.69, 9.17) is 11.6 Å². The molecule has 0 saturated heterocycles. The lowest BCUT2D eigenvalue weighted by Gasteiger charge is -2.29. The van der Waals surface area contributed by atoms with E-state index in [9.17, 15) is 9.59 Å². The van der Waals surface area contributed by atoms with Crippen molar-refractivity contribution < 1.29 is 9.59 Å². The second-order valence-corrected chi connectivity index (χ2v) is 9.71. The molecule has 0 aliphatic heterocycles. The maximum atomic E-state index is 13.1. The molecule has 1 atom stereocenters. The van der Waals surface area contributed by atoms with Crippen LogP contribution < -0.4 is 5.32 Å². The molecule has 0 heterocycles. The lowest BCUT2D eigenvalue weighted by molar-refractivity contribution is -0.138. The fraction of sp³-hybridized carbons (Fsp3) is 0.440. The van der Waals surface area contributed by atoms with Gasteiger partial charge in [-0.25, -0.2) is 0 Å². The Morgan fingerprint density at radius 1 is 1.06 bits per heavy atom. The van der Waals surface area contributed by atoms with Gasteiger partial charge < -0.3 is 10.2 Å². The van der Waals surface area contributed by atoms with Crippen LogP contribution in [0.15, 0.2) is 48.5 Å². The van der Waals surface area contributed by atoms with Gasteiger partial charge in [0, 0.05) is 23.4 Å². The third-order valence-electron chi connectivity index (χ3n) is 5.75. The average molecular weight is 459 g/mol. The monoisotopic (exact) mass is 458 g/mol. The molecule has 2 aromatic rings. The Hall–Kier alpha value is -1.98. The van der Waals surface area contributed by atoms with Gasteiger partial charge in [0.25, 0.3) is 0 Å². The number of halogens is 1. The molecule has 0 aromatic heterocycles. The minimum Gasteiger partial charge on any atom is -0.352 e. The smallest absolute Gasteiger partial charge is 0.242 e. The molecule has 31 heavy (non-hydrogen) atoms. The molecular formula is C25H31ClN2O2S. The summed E-state index contributed by atoms with van der Waals surface area (Å²) in [5.41, 5.74) is 3.38. The van der Waals surface area contributed by atoms with Gasteiger partial charge in [0.05, 0.1) is 5.75 Å². The number of aryl methyl sites for hydroxylation is 1. The van der Waals surface area contributed by atoms with Gasteiger partial charge in [-0.2, -0.15) is 0 Å². The van der Waals surface area contributed by atoms with E-state index in [-0.39, 0.29) is 17.9 Å². The molecular weight excluding hydrogens is 428 g/mol. The second-order valence-electron chi connectivity index (χ2n) is 8.29. The van der Waals surface area contributed by atoms with Gasteiger partial charge in [0.15, 0.2) is 0 Å². The first-order valence-electron chi connectivity index (χ1n) is 10.9. The zero-order valence-electron chi connectivity index (χ0n) is 18.3. The van der Waals surface area contributed by atoms with Crippen LogP contribution in [0.3, 0.4) is 0 Å². The minimum atomic E-state index is -0.524. The maximum absolute atomic E-state index is 13.1. The van der Waals surface area contributed by atoms with E-state index in [1.807, 2.05) is 31.2 Å². The molecule has 0 bridgehead atoms. The zero-order valence-corrected chi connectivity index (χ0v) is 19.8. The number of amides is 2. The molecule has 1 saturated carbocycles. The van der Waals surface area contributed by atoms with Crippen molar-refractivity contribution in [2.75, 3.05) is 5.75 Å². The van der Waals surface area contributed by atoms with Gasteiger partial charge in [-0.15, -0.1) is 11.8 Å². The van der Waals surface area contributed by atoms with Crippen LogP contribution in [0.4, 0.5) is 0 Å². The van der Waals surface area contributed by atoms with Crippen LogP contribution in [-0.2, 0) is 21.9 Å². The number of hydrogen-bond donors (Lipinski definition) is 1. The van der Waals surface area contributed by atoms with Crippen molar-refractivity contribution in [2.24, 2.45) is 0 Å². The Kier molecular flexibility index (Phi) is 8.85. The molecule has 0 radical (unpaired) electrons. The lowest BCUT2D eigenvalue weighted by Crippen LogP contribution is -2.50. The van der Waals surface area contributed by atoms with Crippen LogP contribution in [0.5, 0.6) is 0 Å². The number of nitrogens with one attached hydrogen (secondary N) is 1. The van der Waals surface area contributed by atoms with Crippen LogP contribution in [0.25, 0.3) is 0 Å². The Bertz CT molecular complexity index is 864. The highest BCUT2D eigenvalue weighted by Gasteiger charge is 2.28. The fourth-order valence-corrected chi connectivity index (χ4v) is 4.78. The van der Waals surface area contributed by atoms with E-state index in [2.05, 4.69) is 36.5 Å². The summed E-state index contributed by atoms with van der Waals surface area (Å²) in [6.45, 7) is 4.27. The molecule has 1 aliphatic carbocycles. The summed E-state index contributed by atoms with van der Waals surface area (Å²) in [7, 11) is 0. The van der Waals surface area contributed by atoms with Crippen LogP contribution in [0, 0.1) is 6.92 Å². The van der Waals surface area contributed by atoms with Gasteiger partial charge in [0.1, 0.15) is 6.04 Å². The highest BCUT2D eigenvalue weighted by atomic mass is 35.5. The molecule has 2 aromatic carbocycles. The van der Waals surface area contributed by atoms with Crippen molar-refractivity contribution in [1.82, 2.24) is 10.2 Å². The first kappa shape index (κ1) is 23.7. The van der Waals surface area contributed by atoms with Crippen LogP contribution in [-0.4, -0.2) is 34.6 Å². The molecule has 2 amide bonds. The van der Waals surface area contributed by atoms with Crippen LogP contribution >= 0.6 is 23.4 Å². The van der Waals surface area contributed by atoms with Crippen molar-refractivity contribution in [1.29, 1.82) is 0 Å². The Balaban J connectivity index is 1.64. The largest absolute Gasteiger partial charge is 0.352 e. The highest BCUT2D eigenvalue weighted by molar-refractivity contribution is 7.99. The van der Waals surface area contributed by atoms with Gasteiger partial charge >= 0.3 is 0 Å². The van der Waals surface area contributed by atoms with E-state index in [0.29, 0.717) is 17.3 Å². The quantitative estimate of drug-likeness (QED) is 0.550. The standard InChI is InChI=1S/C25H31ClN2O2S/c1-18-7-9-21(10-8-18)16-31-17-24(29)28(15-20-11-13-22(26)14-12-20)19(2)25(30)27-23-5-3-4-6-23/h7-14,19,23H,3-6,15-17H2,1-2H3,(H,27,30)/t19-/m1/s1. The number of thioether (sulfide) groups is 1. The van der Waals surface area contributed by atoms with Crippen molar-refractivity contribution in [3.63, 3.8) is 0 Å². The summed E-state index contributed by atoms with van der Waals surface area (Å²) >= 11 is 7.59. The fourth-order valence-electron chi connectivity index (χ4n) is 3.78. The molecule has 1 fully saturated rings. The Labute approximate surface area is 194 Å². The predicted molar refractivity (Wildman–Crippen MR) is 129 cm³/mol. The number of carbonyl (C=O) groups is 2. The summed E-state index contributed by atoms with van der Waals surface area (Å²) < 4.78 is 0. The molecule has 1 N–H and O–H groups in total. The predicted octanol–water partition coefficient (Wildman–Crippen LogP) is 5.36. The van der Waals surface area contributed by atoms with E-state index in [0.717, 1.165) is 37.0 Å². The molecule has 1 aliphatic rings. The summed E-state index contributed by atoms with van der Waals surface area (Å²) in [4.78, 5) is 27.7. The van der Waals surface area contributed by atoms with E-state index in [1.165, 1.54) is 11.1 Å². The summed E-state index contributed by atoms with van der Waals surface area (Å²) in [6, 6.07) is 15.5. The number of hydrogen-bond acceptors (Lipinski definition) is 3. The SMILES string of the molecule is Cc1ccc(CSCC(=O)N(Cc2ccc(Cl)cc2)[C@H](C)C(=O)NC2CCCC2)cc1. The topological polar surface area (TPSA) is 49.4 Å². The Morgan fingerprint density at radius 3 is 2.32 bits per heavy atom. The summed E-state index contributed by atoms with van der Waals surface area (Å²) in [6.07, 6.45) is 4.36. The first-order valence-corrected chi connectivity index (χ1v) is 12.4. The van der Waals surface area contributed by atoms with E-state index in [1.54, 1.807) is 16.7 Å². The average Bonchev–Trinajstić information content (AvgIpc) is 3.27. The van der Waals surface area contributed by atoms with Gasteiger partial charge in [0.2, 0.25) is 11.8 Å². The van der Waals surface area contributed by atoms with Crippen LogP contribution in [0.1, 0.15) is 49.3 Å². The number of benzene rings is 2. The Morgan fingerprint density at radius 2 is 1.68 bits per heavy atom. The molecule has 4 nitrogen and oxygen atoms in total. The van der Waals surface area contributed by atoms with Crippen molar-refractivity contribution in [2.45, 2.75) is 63.9 Å². The normalized spacial score (nSPS) is 14.9. The van der Waals surface area contributed by atoms with E-state index >= 15 is 0 Å². The molecule has 6 heteroatoms. The molecule has 166 valence electrons. The zero-order chi connectivity index (χ0) is 22.2. The molecule has 0 unspecified atom stereocenters. The minimum absolute atomic E-state index is 0.0267. The van der Waals surface area contributed by atoms with Gasteiger partial charge in [-0.1, -0.05) is 66.4 Å². The van der Waals surface area contributed by atoms with Crippen molar-refractivity contribution in [3.8, 4) is 0 Å². The van der Waals surface area contributed by atoms with Gasteiger partial charge in [-0.3, -0.25) is 9.59 Å². The van der Waals surface area contributed by atoms with Crippen molar-refractivity contribution in [3.05, 3.63) is 70.2 Å². The molecule has 0 spiro atoms. The third kappa shape index (κ3) is 7.29. The summed E-state index contributed by atoms with van der Waals surface area (Å²) in [5.74, 6) is 1.00. The van der Waals surface area contributed by atoms with Crippen molar-refractivity contribution >= 4 is 35.2 Å². The lowest BCUT2D eigenvalue weighted by atomic mass is 10.1. The number of rotatable bonds is 9. The van der Waals surface area contributed by atoms with E-state index < -0.39 is 6.04 Å². The summed E-state index contributed by atoms with van der Waals surface area (Å²) in [5, 5.41) is 3.79. The maximum Gasteiger partial charge on any atom is 0.242 e. The molecule has 3 rings (SSSR count). The van der Waals surface area contributed by atoms with Gasteiger partial charge in [-0.05, 0) is 49.9 Å². The number of carbonyl (C=O) groups excluding carboxylic acids is 2. The highest BCUT2D eigenvalue weighted by Crippen LogP contribution is 2.20.